The van der Waals surface area contributed by atoms with E-state index in [1.807, 2.05) is 6.92 Å². The van der Waals surface area contributed by atoms with Gasteiger partial charge in [0, 0.05) is 0 Å². The molecule has 0 rings (SSSR count). The molecule has 0 radical (unpaired) electrons. The summed E-state index contributed by atoms with van der Waals surface area (Å²) in [5.74, 6) is 5.38. The molecular formula is C17H32O2. The lowest BCUT2D eigenvalue weighted by Crippen LogP contribution is -2.06. The largest absolute Gasteiger partial charge is 0.380 e. The maximum atomic E-state index is 9.61. The first-order valence-corrected chi connectivity index (χ1v) is 8.07. The van der Waals surface area contributed by atoms with E-state index in [0.717, 1.165) is 12.8 Å². The van der Waals surface area contributed by atoms with E-state index in [9.17, 15) is 10.2 Å². The smallest absolute Gasteiger partial charge is 0.114 e. The highest BCUT2D eigenvalue weighted by Crippen LogP contribution is 2.11. The van der Waals surface area contributed by atoms with Gasteiger partial charge in [0.25, 0.3) is 0 Å². The lowest BCUT2D eigenvalue weighted by molar-refractivity contribution is 0.211. The Morgan fingerprint density at radius 1 is 0.684 bits per heavy atom. The molecular weight excluding hydrogens is 236 g/mol. The Bertz CT molecular complexity index is 239. The van der Waals surface area contributed by atoms with Crippen LogP contribution in [0.5, 0.6) is 0 Å². The van der Waals surface area contributed by atoms with E-state index in [0.29, 0.717) is 6.42 Å². The fourth-order valence-corrected chi connectivity index (χ4v) is 2.01. The predicted molar refractivity (Wildman–Crippen MR) is 81.9 cm³/mol. The minimum absolute atomic E-state index is 0.564. The topological polar surface area (TPSA) is 40.5 Å². The number of aliphatic hydroxyl groups is 2. The zero-order valence-electron chi connectivity index (χ0n) is 12.8. The zero-order valence-corrected chi connectivity index (χ0v) is 12.8. The summed E-state index contributed by atoms with van der Waals surface area (Å²) in [5.41, 5.74) is 0. The standard InChI is InChI=1S/C17H32O2/c1-3-5-6-7-8-9-10-11-12-13-17(19)15-14-16(18)4-2/h16-19H,3-13H2,1-2H3/t16-,17+/m1/s1. The maximum absolute atomic E-state index is 9.61. The van der Waals surface area contributed by atoms with E-state index in [2.05, 4.69) is 18.8 Å². The molecule has 0 saturated carbocycles. The fourth-order valence-electron chi connectivity index (χ4n) is 2.01. The van der Waals surface area contributed by atoms with Crippen LogP contribution in [-0.2, 0) is 0 Å². The van der Waals surface area contributed by atoms with Crippen molar-refractivity contribution in [1.82, 2.24) is 0 Å². The number of rotatable bonds is 11. The van der Waals surface area contributed by atoms with Gasteiger partial charge in [0.2, 0.25) is 0 Å². The molecule has 2 nitrogen and oxygen atoms in total. The van der Waals surface area contributed by atoms with Crippen LogP contribution in [0.3, 0.4) is 0 Å². The minimum atomic E-state index is -0.585. The molecule has 0 aromatic heterocycles. The summed E-state index contributed by atoms with van der Waals surface area (Å²) in [4.78, 5) is 0. The summed E-state index contributed by atoms with van der Waals surface area (Å²) in [6.07, 6.45) is 11.8. The van der Waals surface area contributed by atoms with Crippen molar-refractivity contribution in [2.75, 3.05) is 0 Å². The van der Waals surface area contributed by atoms with Crippen LogP contribution in [0.2, 0.25) is 0 Å². The second-order valence-corrected chi connectivity index (χ2v) is 5.35. The average molecular weight is 268 g/mol. The molecule has 2 atom stereocenters. The first kappa shape index (κ1) is 18.5. The van der Waals surface area contributed by atoms with Crippen molar-refractivity contribution >= 4 is 0 Å². The van der Waals surface area contributed by atoms with Gasteiger partial charge in [0.1, 0.15) is 12.2 Å². The molecule has 2 N–H and O–H groups in total. The highest BCUT2D eigenvalue weighted by Gasteiger charge is 2.00. The van der Waals surface area contributed by atoms with E-state index in [1.54, 1.807) is 0 Å². The zero-order chi connectivity index (χ0) is 14.3. The summed E-state index contributed by atoms with van der Waals surface area (Å²) >= 11 is 0. The lowest BCUT2D eigenvalue weighted by atomic mass is 10.1. The van der Waals surface area contributed by atoms with Gasteiger partial charge in [-0.05, 0) is 19.3 Å². The van der Waals surface area contributed by atoms with Gasteiger partial charge in [-0.3, -0.25) is 0 Å². The van der Waals surface area contributed by atoms with Gasteiger partial charge in [0.15, 0.2) is 0 Å². The average Bonchev–Trinajstić information content (AvgIpc) is 2.42. The normalized spacial score (nSPS) is 13.7. The summed E-state index contributed by atoms with van der Waals surface area (Å²) in [6.45, 7) is 4.12. The molecule has 0 aromatic carbocycles. The van der Waals surface area contributed by atoms with Crippen LogP contribution in [0.15, 0.2) is 0 Å². The van der Waals surface area contributed by atoms with Crippen molar-refractivity contribution in [3.63, 3.8) is 0 Å². The third kappa shape index (κ3) is 13.7. The summed E-state index contributed by atoms with van der Waals surface area (Å²) < 4.78 is 0. The van der Waals surface area contributed by atoms with Gasteiger partial charge in [-0.25, -0.2) is 0 Å². The van der Waals surface area contributed by atoms with Gasteiger partial charge >= 0.3 is 0 Å². The molecule has 112 valence electrons. The van der Waals surface area contributed by atoms with Crippen molar-refractivity contribution in [3.05, 3.63) is 0 Å². The van der Waals surface area contributed by atoms with Crippen molar-refractivity contribution in [2.24, 2.45) is 0 Å². The van der Waals surface area contributed by atoms with E-state index in [4.69, 9.17) is 0 Å². The van der Waals surface area contributed by atoms with Crippen LogP contribution in [-0.4, -0.2) is 22.4 Å². The van der Waals surface area contributed by atoms with Gasteiger partial charge in [0.05, 0.1) is 0 Å². The van der Waals surface area contributed by atoms with Crippen LogP contribution >= 0.6 is 0 Å². The Morgan fingerprint density at radius 2 is 1.16 bits per heavy atom. The fraction of sp³-hybridized carbons (Fsp3) is 0.882. The molecule has 2 heteroatoms. The van der Waals surface area contributed by atoms with E-state index in [1.165, 1.54) is 51.4 Å². The molecule has 0 aliphatic heterocycles. The summed E-state index contributed by atoms with van der Waals surface area (Å²) in [7, 11) is 0. The van der Waals surface area contributed by atoms with Gasteiger partial charge < -0.3 is 10.2 Å². The minimum Gasteiger partial charge on any atom is -0.380 e. The third-order valence-electron chi connectivity index (χ3n) is 3.38. The highest BCUT2D eigenvalue weighted by molar-refractivity contribution is 5.08. The van der Waals surface area contributed by atoms with Crippen LogP contribution in [0.4, 0.5) is 0 Å². The Balaban J connectivity index is 3.31. The van der Waals surface area contributed by atoms with Crippen LogP contribution < -0.4 is 0 Å². The molecule has 0 aliphatic rings. The number of unbranched alkanes of at least 4 members (excludes halogenated alkanes) is 8. The highest BCUT2D eigenvalue weighted by atomic mass is 16.3. The van der Waals surface area contributed by atoms with E-state index in [-0.39, 0.29) is 0 Å². The lowest BCUT2D eigenvalue weighted by Gasteiger charge is -2.04. The molecule has 0 aromatic rings. The Hall–Kier alpha value is -0.520. The van der Waals surface area contributed by atoms with Crippen LogP contribution in [0.1, 0.15) is 84.5 Å². The predicted octanol–water partition coefficient (Wildman–Crippen LogP) is 4.04. The van der Waals surface area contributed by atoms with Crippen LogP contribution in [0, 0.1) is 11.8 Å². The second kappa shape index (κ2) is 13.9. The number of hydrogen-bond donors (Lipinski definition) is 2. The van der Waals surface area contributed by atoms with Crippen molar-refractivity contribution in [1.29, 1.82) is 0 Å². The van der Waals surface area contributed by atoms with E-state index < -0.39 is 12.2 Å². The number of hydrogen-bond acceptors (Lipinski definition) is 2. The molecule has 0 spiro atoms. The first-order chi connectivity index (χ1) is 9.20. The van der Waals surface area contributed by atoms with Gasteiger partial charge in [-0.15, -0.1) is 0 Å². The molecule has 0 unspecified atom stereocenters. The Morgan fingerprint density at radius 3 is 1.68 bits per heavy atom. The van der Waals surface area contributed by atoms with Crippen molar-refractivity contribution in [3.8, 4) is 11.8 Å². The monoisotopic (exact) mass is 268 g/mol. The molecule has 0 aliphatic carbocycles. The van der Waals surface area contributed by atoms with E-state index >= 15 is 0 Å². The van der Waals surface area contributed by atoms with Gasteiger partial charge in [-0.1, -0.05) is 77.1 Å². The molecule has 0 saturated heterocycles. The van der Waals surface area contributed by atoms with Crippen molar-refractivity contribution < 1.29 is 10.2 Å². The molecule has 0 bridgehead atoms. The summed E-state index contributed by atoms with van der Waals surface area (Å²) in [5, 5.41) is 18.9. The molecule has 0 fully saturated rings. The molecule has 0 heterocycles. The Kier molecular flexibility index (Phi) is 13.5. The van der Waals surface area contributed by atoms with Gasteiger partial charge in [-0.2, -0.15) is 0 Å². The quantitative estimate of drug-likeness (QED) is 0.438. The second-order valence-electron chi connectivity index (χ2n) is 5.35. The van der Waals surface area contributed by atoms with Crippen LogP contribution in [0.25, 0.3) is 0 Å². The van der Waals surface area contributed by atoms with Crippen molar-refractivity contribution in [2.45, 2.75) is 96.7 Å². The summed E-state index contributed by atoms with van der Waals surface area (Å²) in [6, 6.07) is 0. The molecule has 19 heavy (non-hydrogen) atoms. The third-order valence-corrected chi connectivity index (χ3v) is 3.38. The molecule has 0 amide bonds. The Labute approximate surface area is 119 Å². The first-order valence-electron chi connectivity index (χ1n) is 8.07. The number of aliphatic hydroxyl groups excluding tert-OH is 2. The maximum Gasteiger partial charge on any atom is 0.114 e. The SMILES string of the molecule is CCCCCCCCCCC[C@H](O)C#C[C@H](O)CC.